The zero-order valence-electron chi connectivity index (χ0n) is 8.49. The van der Waals surface area contributed by atoms with Gasteiger partial charge in [-0.05, 0) is 25.5 Å². The van der Waals surface area contributed by atoms with E-state index in [1.54, 1.807) is 13.0 Å². The van der Waals surface area contributed by atoms with Crippen LogP contribution in [-0.2, 0) is 9.53 Å². The molecule has 0 amide bonds. The van der Waals surface area contributed by atoms with E-state index < -0.39 is 0 Å². The number of benzene rings is 1. The van der Waals surface area contributed by atoms with Gasteiger partial charge in [-0.25, -0.2) is 4.79 Å². The van der Waals surface area contributed by atoms with Crippen molar-refractivity contribution in [1.82, 2.24) is 0 Å². The number of carbonyl (C=O) groups excluding carboxylic acids is 1. The minimum atomic E-state index is -0.297. The lowest BCUT2D eigenvalue weighted by Gasteiger charge is -1.96. The Bertz CT molecular complexity index is 340. The van der Waals surface area contributed by atoms with Crippen LogP contribution in [-0.4, -0.2) is 12.6 Å². The number of rotatable bonds is 3. The van der Waals surface area contributed by atoms with Crippen molar-refractivity contribution in [1.29, 1.82) is 0 Å². The van der Waals surface area contributed by atoms with E-state index >= 15 is 0 Å². The van der Waals surface area contributed by atoms with E-state index in [2.05, 4.69) is 0 Å². The maximum Gasteiger partial charge on any atom is 0.330 e. The monoisotopic (exact) mass is 190 g/mol. The van der Waals surface area contributed by atoms with Crippen LogP contribution in [0.4, 0.5) is 0 Å². The van der Waals surface area contributed by atoms with Gasteiger partial charge in [0.15, 0.2) is 0 Å². The summed E-state index contributed by atoms with van der Waals surface area (Å²) in [5, 5.41) is 0. The number of hydrogen-bond donors (Lipinski definition) is 0. The minimum Gasteiger partial charge on any atom is -0.463 e. The molecule has 0 atom stereocenters. The van der Waals surface area contributed by atoms with Crippen LogP contribution in [0.25, 0.3) is 6.08 Å². The highest BCUT2D eigenvalue weighted by molar-refractivity contribution is 5.87. The summed E-state index contributed by atoms with van der Waals surface area (Å²) in [4.78, 5) is 11.0. The second kappa shape index (κ2) is 5.22. The second-order valence-corrected chi connectivity index (χ2v) is 3.00. The van der Waals surface area contributed by atoms with Crippen molar-refractivity contribution in [3.8, 4) is 0 Å². The molecule has 0 bridgehead atoms. The number of hydrogen-bond acceptors (Lipinski definition) is 2. The summed E-state index contributed by atoms with van der Waals surface area (Å²) >= 11 is 0. The Labute approximate surface area is 84.2 Å². The topological polar surface area (TPSA) is 26.3 Å². The van der Waals surface area contributed by atoms with Gasteiger partial charge in [0.05, 0.1) is 6.61 Å². The first-order chi connectivity index (χ1) is 6.72. The van der Waals surface area contributed by atoms with Gasteiger partial charge in [-0.15, -0.1) is 0 Å². The standard InChI is InChI=1S/C12H14O2/c1-3-14-12(13)8-7-11-6-4-5-10(2)9-11/h4-9H,3H2,1-2H3. The predicted octanol–water partition coefficient (Wildman–Crippen LogP) is 2.57. The van der Waals surface area contributed by atoms with Crippen molar-refractivity contribution in [2.75, 3.05) is 6.61 Å². The summed E-state index contributed by atoms with van der Waals surface area (Å²) in [5.41, 5.74) is 2.19. The molecule has 0 aliphatic heterocycles. The molecular weight excluding hydrogens is 176 g/mol. The smallest absolute Gasteiger partial charge is 0.330 e. The summed E-state index contributed by atoms with van der Waals surface area (Å²) in [6.07, 6.45) is 3.20. The largest absolute Gasteiger partial charge is 0.463 e. The highest BCUT2D eigenvalue weighted by atomic mass is 16.5. The summed E-state index contributed by atoms with van der Waals surface area (Å²) in [5.74, 6) is -0.297. The van der Waals surface area contributed by atoms with Crippen LogP contribution in [0.1, 0.15) is 18.1 Å². The molecule has 14 heavy (non-hydrogen) atoms. The number of carbonyl (C=O) groups is 1. The van der Waals surface area contributed by atoms with E-state index in [1.807, 2.05) is 31.2 Å². The molecule has 0 aliphatic carbocycles. The lowest BCUT2D eigenvalue weighted by Crippen LogP contribution is -1.98. The molecule has 0 fully saturated rings. The maximum atomic E-state index is 11.0. The summed E-state index contributed by atoms with van der Waals surface area (Å²) in [6, 6.07) is 7.93. The van der Waals surface area contributed by atoms with Crippen LogP contribution in [0.15, 0.2) is 30.3 Å². The van der Waals surface area contributed by atoms with Gasteiger partial charge in [0.1, 0.15) is 0 Å². The van der Waals surface area contributed by atoms with Gasteiger partial charge >= 0.3 is 5.97 Å². The van der Waals surface area contributed by atoms with Crippen LogP contribution in [0.3, 0.4) is 0 Å². The zero-order chi connectivity index (χ0) is 10.4. The molecule has 0 aromatic heterocycles. The van der Waals surface area contributed by atoms with Gasteiger partial charge in [-0.1, -0.05) is 29.8 Å². The van der Waals surface area contributed by atoms with Crippen LogP contribution < -0.4 is 0 Å². The first-order valence-corrected chi connectivity index (χ1v) is 4.64. The maximum absolute atomic E-state index is 11.0. The number of esters is 1. The van der Waals surface area contributed by atoms with Crippen molar-refractivity contribution in [2.24, 2.45) is 0 Å². The van der Waals surface area contributed by atoms with Gasteiger partial charge in [0.25, 0.3) is 0 Å². The SMILES string of the molecule is CCOC(=O)C=Cc1cccc(C)c1. The van der Waals surface area contributed by atoms with E-state index in [0.29, 0.717) is 6.61 Å². The quantitative estimate of drug-likeness (QED) is 0.541. The van der Waals surface area contributed by atoms with Crippen molar-refractivity contribution in [3.63, 3.8) is 0 Å². The zero-order valence-corrected chi connectivity index (χ0v) is 8.49. The summed E-state index contributed by atoms with van der Waals surface area (Å²) in [6.45, 7) is 4.22. The Morgan fingerprint density at radius 1 is 1.50 bits per heavy atom. The normalized spacial score (nSPS) is 10.4. The Kier molecular flexibility index (Phi) is 3.92. The average Bonchev–Trinajstić information content (AvgIpc) is 2.15. The molecule has 0 unspecified atom stereocenters. The fraction of sp³-hybridized carbons (Fsp3) is 0.250. The molecule has 0 saturated carbocycles. The summed E-state index contributed by atoms with van der Waals surface area (Å²) in [7, 11) is 0. The minimum absolute atomic E-state index is 0.297. The Hall–Kier alpha value is -1.57. The van der Waals surface area contributed by atoms with Crippen molar-refractivity contribution in [2.45, 2.75) is 13.8 Å². The number of aryl methyl sites for hydroxylation is 1. The molecule has 0 radical (unpaired) electrons. The van der Waals surface area contributed by atoms with E-state index in [1.165, 1.54) is 11.6 Å². The van der Waals surface area contributed by atoms with E-state index in [9.17, 15) is 4.79 Å². The van der Waals surface area contributed by atoms with E-state index in [0.717, 1.165) is 5.56 Å². The second-order valence-electron chi connectivity index (χ2n) is 3.00. The average molecular weight is 190 g/mol. The molecule has 1 aromatic rings. The van der Waals surface area contributed by atoms with Gasteiger partial charge in [0, 0.05) is 6.08 Å². The van der Waals surface area contributed by atoms with Crippen LogP contribution in [0, 0.1) is 6.92 Å². The molecule has 74 valence electrons. The van der Waals surface area contributed by atoms with Crippen molar-refractivity contribution >= 4 is 12.0 Å². The highest BCUT2D eigenvalue weighted by Crippen LogP contribution is 2.05. The molecule has 1 aromatic carbocycles. The third kappa shape index (κ3) is 3.44. The summed E-state index contributed by atoms with van der Waals surface area (Å²) < 4.78 is 4.77. The Balaban J connectivity index is 2.64. The molecule has 0 N–H and O–H groups in total. The number of ether oxygens (including phenoxy) is 1. The van der Waals surface area contributed by atoms with Crippen LogP contribution >= 0.6 is 0 Å². The third-order valence-electron chi connectivity index (χ3n) is 1.74. The lowest BCUT2D eigenvalue weighted by atomic mass is 10.1. The molecule has 0 spiro atoms. The third-order valence-corrected chi connectivity index (χ3v) is 1.74. The van der Waals surface area contributed by atoms with Gasteiger partial charge in [-0.3, -0.25) is 0 Å². The van der Waals surface area contributed by atoms with Crippen LogP contribution in [0.5, 0.6) is 0 Å². The molecule has 2 nitrogen and oxygen atoms in total. The first kappa shape index (κ1) is 10.5. The van der Waals surface area contributed by atoms with Gasteiger partial charge in [-0.2, -0.15) is 0 Å². The Morgan fingerprint density at radius 2 is 2.29 bits per heavy atom. The fourth-order valence-corrected chi connectivity index (χ4v) is 1.13. The molecule has 0 heterocycles. The predicted molar refractivity (Wildman–Crippen MR) is 56.8 cm³/mol. The molecule has 0 saturated heterocycles. The molecule has 2 heteroatoms. The lowest BCUT2D eigenvalue weighted by molar-refractivity contribution is -0.137. The fourth-order valence-electron chi connectivity index (χ4n) is 1.13. The van der Waals surface area contributed by atoms with Gasteiger partial charge < -0.3 is 4.74 Å². The highest BCUT2D eigenvalue weighted by Gasteiger charge is 1.93. The molecule has 0 aliphatic rings. The van der Waals surface area contributed by atoms with Crippen LogP contribution in [0.2, 0.25) is 0 Å². The van der Waals surface area contributed by atoms with Gasteiger partial charge in [0.2, 0.25) is 0 Å². The molecule has 1 rings (SSSR count). The van der Waals surface area contributed by atoms with Crippen molar-refractivity contribution < 1.29 is 9.53 Å². The van der Waals surface area contributed by atoms with Crippen molar-refractivity contribution in [3.05, 3.63) is 41.5 Å². The van der Waals surface area contributed by atoms with E-state index in [4.69, 9.17) is 4.74 Å². The van der Waals surface area contributed by atoms with E-state index in [-0.39, 0.29) is 5.97 Å². The first-order valence-electron chi connectivity index (χ1n) is 4.64. The Morgan fingerprint density at radius 3 is 2.93 bits per heavy atom. The molecular formula is C12H14O2.